The first-order valence-corrected chi connectivity index (χ1v) is 8.50. The van der Waals surface area contributed by atoms with E-state index in [-0.39, 0.29) is 5.69 Å². The number of nitrogens with zero attached hydrogens (tertiary/aromatic N) is 3. The van der Waals surface area contributed by atoms with Crippen LogP contribution >= 0.6 is 0 Å². The monoisotopic (exact) mass is 353 g/mol. The van der Waals surface area contributed by atoms with Crippen LogP contribution in [0.4, 0.5) is 13.2 Å². The number of fused-ring (bicyclic) bond motifs is 2. The van der Waals surface area contributed by atoms with E-state index in [1.54, 1.807) is 6.21 Å². The molecule has 0 aliphatic carbocycles. The molecule has 0 spiro atoms. The molecule has 0 fully saturated rings. The van der Waals surface area contributed by atoms with Crippen LogP contribution in [0.25, 0.3) is 22.5 Å². The molecule has 2 aliphatic rings. The summed E-state index contributed by atoms with van der Waals surface area (Å²) < 4.78 is 44.6. The van der Waals surface area contributed by atoms with Crippen LogP contribution < -0.4 is 0 Å². The predicted octanol–water partition coefficient (Wildman–Crippen LogP) is 4.51. The van der Waals surface area contributed by atoms with Gasteiger partial charge in [-0.05, 0) is 35.7 Å². The van der Waals surface area contributed by atoms with Gasteiger partial charge in [0.25, 0.3) is 0 Å². The summed E-state index contributed by atoms with van der Waals surface area (Å²) in [6, 6.07) is 7.57. The first-order valence-electron chi connectivity index (χ1n) is 8.50. The molecule has 2 aromatic carbocycles. The lowest BCUT2D eigenvalue weighted by atomic mass is 10.00. The summed E-state index contributed by atoms with van der Waals surface area (Å²) >= 11 is 0. The second-order valence-electron chi connectivity index (χ2n) is 6.58. The molecule has 130 valence electrons. The molecule has 1 aromatic heterocycles. The fourth-order valence-corrected chi connectivity index (χ4v) is 3.79. The largest absolute Gasteiger partial charge is 0.327 e. The van der Waals surface area contributed by atoms with E-state index in [4.69, 9.17) is 0 Å². The van der Waals surface area contributed by atoms with E-state index in [0.29, 0.717) is 12.2 Å². The fraction of sp³-hybridized carbons (Fsp3) is 0.200. The predicted molar refractivity (Wildman–Crippen MR) is 92.6 cm³/mol. The lowest BCUT2D eigenvalue weighted by Crippen LogP contribution is -2.00. The minimum atomic E-state index is -1.20. The molecular weight excluding hydrogens is 339 g/mol. The maximum atomic E-state index is 14.4. The van der Waals surface area contributed by atoms with Gasteiger partial charge >= 0.3 is 0 Å². The molecule has 6 heteroatoms. The first kappa shape index (κ1) is 15.4. The van der Waals surface area contributed by atoms with Crippen LogP contribution in [0, 0.1) is 17.5 Å². The zero-order valence-corrected chi connectivity index (χ0v) is 13.8. The number of imidazole rings is 1. The Kier molecular flexibility index (Phi) is 3.29. The van der Waals surface area contributed by atoms with Crippen LogP contribution in [0.3, 0.4) is 0 Å². The second-order valence-corrected chi connectivity index (χ2v) is 6.58. The van der Waals surface area contributed by atoms with E-state index < -0.39 is 23.0 Å². The van der Waals surface area contributed by atoms with Crippen LogP contribution in [0.2, 0.25) is 0 Å². The van der Waals surface area contributed by atoms with Crippen LogP contribution in [0.5, 0.6) is 0 Å². The molecule has 26 heavy (non-hydrogen) atoms. The molecule has 0 unspecified atom stereocenters. The van der Waals surface area contributed by atoms with Crippen molar-refractivity contribution in [3.8, 4) is 22.5 Å². The van der Waals surface area contributed by atoms with Gasteiger partial charge in [-0.15, -0.1) is 0 Å². The van der Waals surface area contributed by atoms with E-state index in [0.717, 1.165) is 54.0 Å². The number of halogens is 3. The first-order chi connectivity index (χ1) is 12.6. The molecule has 3 nitrogen and oxygen atoms in total. The Morgan fingerprint density at radius 2 is 1.85 bits per heavy atom. The molecule has 2 aliphatic heterocycles. The van der Waals surface area contributed by atoms with Gasteiger partial charge in [0.1, 0.15) is 17.3 Å². The number of rotatable bonds is 2. The number of aryl methyl sites for hydroxylation is 1. The Balaban J connectivity index is 1.79. The lowest BCUT2D eigenvalue weighted by Gasteiger charge is -2.11. The molecule has 0 radical (unpaired) electrons. The highest BCUT2D eigenvalue weighted by Crippen LogP contribution is 2.39. The van der Waals surface area contributed by atoms with Crippen LogP contribution in [-0.2, 0) is 19.5 Å². The van der Waals surface area contributed by atoms with Crippen molar-refractivity contribution in [3.63, 3.8) is 0 Å². The summed E-state index contributed by atoms with van der Waals surface area (Å²) in [6.07, 6.45) is 3.46. The minimum absolute atomic E-state index is 0.157. The molecule has 0 saturated heterocycles. The summed E-state index contributed by atoms with van der Waals surface area (Å²) in [7, 11) is 0. The number of hydrogen-bond donors (Lipinski definition) is 0. The van der Waals surface area contributed by atoms with Crippen LogP contribution in [0.1, 0.15) is 23.4 Å². The Morgan fingerprint density at radius 1 is 1.00 bits per heavy atom. The molecular formula is C20H14F3N3. The van der Waals surface area contributed by atoms with Crippen molar-refractivity contribution in [2.45, 2.75) is 25.9 Å². The molecule has 0 atom stereocenters. The van der Waals surface area contributed by atoms with Gasteiger partial charge in [0.15, 0.2) is 11.6 Å². The highest BCUT2D eigenvalue weighted by atomic mass is 19.2. The number of aromatic nitrogens is 2. The van der Waals surface area contributed by atoms with Gasteiger partial charge in [-0.25, -0.2) is 18.2 Å². The molecule has 0 amide bonds. The summed E-state index contributed by atoms with van der Waals surface area (Å²) in [5.74, 6) is -2.33. The highest BCUT2D eigenvalue weighted by Gasteiger charge is 2.28. The van der Waals surface area contributed by atoms with Gasteiger partial charge < -0.3 is 4.57 Å². The van der Waals surface area contributed by atoms with Gasteiger partial charge in [-0.2, -0.15) is 0 Å². The van der Waals surface area contributed by atoms with Crippen LogP contribution in [-0.4, -0.2) is 15.8 Å². The number of benzene rings is 2. The quantitative estimate of drug-likeness (QED) is 0.623. The molecule has 0 saturated carbocycles. The normalized spacial score (nSPS) is 14.7. The molecule has 0 N–H and O–H groups in total. The van der Waals surface area contributed by atoms with E-state index >= 15 is 0 Å². The van der Waals surface area contributed by atoms with Crippen molar-refractivity contribution in [2.75, 3.05) is 0 Å². The fourth-order valence-electron chi connectivity index (χ4n) is 3.79. The van der Waals surface area contributed by atoms with Crippen molar-refractivity contribution in [1.82, 2.24) is 9.55 Å². The summed E-state index contributed by atoms with van der Waals surface area (Å²) in [4.78, 5) is 8.73. The van der Waals surface area contributed by atoms with E-state index in [2.05, 4.69) is 9.98 Å². The van der Waals surface area contributed by atoms with Gasteiger partial charge in [-0.1, -0.05) is 12.1 Å². The smallest absolute Gasteiger partial charge is 0.171 e. The third kappa shape index (κ3) is 2.14. The molecule has 3 aromatic rings. The van der Waals surface area contributed by atoms with Crippen LogP contribution in [0.15, 0.2) is 35.3 Å². The zero-order chi connectivity index (χ0) is 17.8. The van der Waals surface area contributed by atoms with Crippen molar-refractivity contribution in [1.29, 1.82) is 0 Å². The lowest BCUT2D eigenvalue weighted by molar-refractivity contribution is 0.498. The Morgan fingerprint density at radius 3 is 2.73 bits per heavy atom. The topological polar surface area (TPSA) is 30.2 Å². The zero-order valence-electron chi connectivity index (χ0n) is 13.8. The van der Waals surface area contributed by atoms with Crippen molar-refractivity contribution >= 4 is 6.21 Å². The van der Waals surface area contributed by atoms with E-state index in [1.165, 1.54) is 0 Å². The van der Waals surface area contributed by atoms with E-state index in [1.807, 2.05) is 22.8 Å². The molecule has 3 heterocycles. The van der Waals surface area contributed by atoms with Gasteiger partial charge in [0.05, 0.1) is 17.8 Å². The van der Waals surface area contributed by atoms with Crippen molar-refractivity contribution < 1.29 is 13.2 Å². The summed E-state index contributed by atoms with van der Waals surface area (Å²) in [6.45, 7) is 1.36. The Labute approximate surface area is 147 Å². The SMILES string of the molecule is Fc1ccc(F)c(-c2nc3n(c2-c2ccc4c(c2)C=NC4)CCC3)c1F. The van der Waals surface area contributed by atoms with E-state index in [9.17, 15) is 13.2 Å². The Bertz CT molecular complexity index is 1080. The average molecular weight is 353 g/mol. The minimum Gasteiger partial charge on any atom is -0.327 e. The van der Waals surface area contributed by atoms with Crippen molar-refractivity contribution in [2.24, 2.45) is 4.99 Å². The van der Waals surface area contributed by atoms with Gasteiger partial charge in [0.2, 0.25) is 0 Å². The third-order valence-electron chi connectivity index (χ3n) is 5.02. The van der Waals surface area contributed by atoms with Gasteiger partial charge in [0, 0.05) is 24.7 Å². The second kappa shape index (κ2) is 5.56. The van der Waals surface area contributed by atoms with Crippen molar-refractivity contribution in [3.05, 3.63) is 64.7 Å². The molecule has 0 bridgehead atoms. The molecule has 5 rings (SSSR count). The maximum absolute atomic E-state index is 14.4. The average Bonchev–Trinajstić information content (AvgIpc) is 3.33. The summed E-state index contributed by atoms with van der Waals surface area (Å²) in [5, 5.41) is 0. The summed E-state index contributed by atoms with van der Waals surface area (Å²) in [5.41, 5.74) is 3.28. The maximum Gasteiger partial charge on any atom is 0.171 e. The number of aliphatic imine (C=N–C) groups is 1. The number of hydrogen-bond acceptors (Lipinski definition) is 2. The van der Waals surface area contributed by atoms with Gasteiger partial charge in [-0.3, -0.25) is 4.99 Å². The standard InChI is InChI=1S/C20H14F3N3/c21-14-5-6-15(22)18(23)17(14)19-20(26-7-1-2-16(26)25-19)11-3-4-12-9-24-10-13(12)8-11/h3-6,8,10H,1-2,7,9H2. The third-order valence-corrected chi connectivity index (χ3v) is 5.02. The highest BCUT2D eigenvalue weighted by molar-refractivity contribution is 5.88. The Hall–Kier alpha value is -2.89.